The van der Waals surface area contributed by atoms with Crippen molar-refractivity contribution in [2.45, 2.75) is 52.0 Å². The number of unbranched alkanes of at least 4 members (excludes halogenated alkanes) is 1. The molecule has 0 amide bonds. The lowest BCUT2D eigenvalue weighted by atomic mass is 10.0. The van der Waals surface area contributed by atoms with Crippen molar-refractivity contribution in [2.75, 3.05) is 11.5 Å². The second-order valence-corrected chi connectivity index (χ2v) is 5.38. The van der Waals surface area contributed by atoms with Gasteiger partial charge >= 0.3 is 0 Å². The molecule has 0 radical (unpaired) electrons. The Morgan fingerprint density at radius 2 is 1.95 bits per heavy atom. The van der Waals surface area contributed by atoms with Crippen LogP contribution in [0.15, 0.2) is 18.2 Å². The lowest BCUT2D eigenvalue weighted by molar-refractivity contribution is 0.380. The maximum atomic E-state index is 6.07. The van der Waals surface area contributed by atoms with Crippen LogP contribution < -0.4 is 11.5 Å². The molecule has 1 aromatic heterocycles. The molecule has 1 aromatic carbocycles. The maximum Gasteiger partial charge on any atom is 0.184 e. The Bertz CT molecular complexity index is 577. The summed E-state index contributed by atoms with van der Waals surface area (Å²) in [5.74, 6) is 0.724. The van der Waals surface area contributed by atoms with Crippen LogP contribution in [0.25, 0.3) is 11.4 Å². The molecule has 0 fully saturated rings. The van der Waals surface area contributed by atoms with Gasteiger partial charge in [-0.2, -0.15) is 0 Å². The van der Waals surface area contributed by atoms with Gasteiger partial charge in [0.2, 0.25) is 0 Å². The van der Waals surface area contributed by atoms with Crippen LogP contribution in [-0.2, 0) is 0 Å². The summed E-state index contributed by atoms with van der Waals surface area (Å²) in [4.78, 5) is 0. The number of tetrazole rings is 1. The number of hydrogen-bond acceptors (Lipinski definition) is 5. The van der Waals surface area contributed by atoms with E-state index in [2.05, 4.69) is 29.4 Å². The van der Waals surface area contributed by atoms with Gasteiger partial charge in [0.05, 0.1) is 6.04 Å². The zero-order valence-corrected chi connectivity index (χ0v) is 12.8. The Morgan fingerprint density at radius 1 is 1.14 bits per heavy atom. The summed E-state index contributed by atoms with van der Waals surface area (Å²) < 4.78 is 1.92. The molecule has 0 aliphatic heterocycles. The number of nitrogen functional groups attached to an aromatic ring is 2. The number of aromatic nitrogens is 4. The largest absolute Gasteiger partial charge is 0.399 e. The summed E-state index contributed by atoms with van der Waals surface area (Å²) in [7, 11) is 0. The van der Waals surface area contributed by atoms with Crippen molar-refractivity contribution in [3.05, 3.63) is 18.2 Å². The van der Waals surface area contributed by atoms with Gasteiger partial charge < -0.3 is 11.5 Å². The first-order valence-electron chi connectivity index (χ1n) is 7.60. The summed E-state index contributed by atoms with van der Waals surface area (Å²) in [5, 5.41) is 12.2. The minimum atomic E-state index is 0.317. The molecule has 0 saturated heterocycles. The molecule has 21 heavy (non-hydrogen) atoms. The number of anilines is 2. The van der Waals surface area contributed by atoms with Gasteiger partial charge in [0.15, 0.2) is 5.82 Å². The van der Waals surface area contributed by atoms with Crippen LogP contribution in [-0.4, -0.2) is 20.2 Å². The van der Waals surface area contributed by atoms with Crippen LogP contribution >= 0.6 is 0 Å². The summed E-state index contributed by atoms with van der Waals surface area (Å²) >= 11 is 0. The third kappa shape index (κ3) is 3.51. The van der Waals surface area contributed by atoms with Gasteiger partial charge in [-0.25, -0.2) is 4.68 Å². The van der Waals surface area contributed by atoms with E-state index in [1.807, 2.05) is 16.8 Å². The van der Waals surface area contributed by atoms with E-state index in [0.717, 1.165) is 30.7 Å². The topological polar surface area (TPSA) is 95.6 Å². The first kappa shape index (κ1) is 15.3. The number of hydrogen-bond donors (Lipinski definition) is 2. The van der Waals surface area contributed by atoms with Crippen molar-refractivity contribution in [1.82, 2.24) is 20.2 Å². The van der Waals surface area contributed by atoms with Crippen molar-refractivity contribution in [1.29, 1.82) is 0 Å². The monoisotopic (exact) mass is 288 g/mol. The molecule has 2 aromatic rings. The molecule has 1 heterocycles. The smallest absolute Gasteiger partial charge is 0.184 e. The number of nitrogens with zero attached hydrogens (tertiary/aromatic N) is 4. The SMILES string of the molecule is CCCCC(CCC)n1nnnc1-c1ccc(N)cc1N. The van der Waals surface area contributed by atoms with Crippen molar-refractivity contribution < 1.29 is 0 Å². The van der Waals surface area contributed by atoms with Gasteiger partial charge in [-0.1, -0.05) is 33.1 Å². The molecule has 0 saturated carbocycles. The van der Waals surface area contributed by atoms with Gasteiger partial charge in [0.25, 0.3) is 0 Å². The van der Waals surface area contributed by atoms with E-state index in [0.29, 0.717) is 17.4 Å². The molecule has 0 aliphatic rings. The lowest BCUT2D eigenvalue weighted by Crippen LogP contribution is -2.13. The zero-order chi connectivity index (χ0) is 15.2. The molecule has 4 N–H and O–H groups in total. The van der Waals surface area contributed by atoms with Crippen LogP contribution in [0.5, 0.6) is 0 Å². The molecule has 0 bridgehead atoms. The normalized spacial score (nSPS) is 12.5. The van der Waals surface area contributed by atoms with Gasteiger partial charge in [0, 0.05) is 16.9 Å². The van der Waals surface area contributed by atoms with Crippen LogP contribution in [0.2, 0.25) is 0 Å². The second-order valence-electron chi connectivity index (χ2n) is 5.38. The summed E-state index contributed by atoms with van der Waals surface area (Å²) in [5.41, 5.74) is 13.9. The Morgan fingerprint density at radius 3 is 2.62 bits per heavy atom. The molecule has 1 unspecified atom stereocenters. The van der Waals surface area contributed by atoms with E-state index < -0.39 is 0 Å². The first-order valence-corrected chi connectivity index (χ1v) is 7.60. The minimum Gasteiger partial charge on any atom is -0.399 e. The molecule has 1 atom stereocenters. The molecule has 0 aliphatic carbocycles. The van der Waals surface area contributed by atoms with Crippen LogP contribution in [0, 0.1) is 0 Å². The van der Waals surface area contributed by atoms with Crippen molar-refractivity contribution >= 4 is 11.4 Å². The van der Waals surface area contributed by atoms with Gasteiger partial charge in [-0.15, -0.1) is 5.10 Å². The minimum absolute atomic E-state index is 0.317. The molecule has 6 nitrogen and oxygen atoms in total. The summed E-state index contributed by atoms with van der Waals surface area (Å²) in [6.07, 6.45) is 5.58. The highest BCUT2D eigenvalue weighted by molar-refractivity contribution is 5.74. The fraction of sp³-hybridized carbons (Fsp3) is 0.533. The van der Waals surface area contributed by atoms with Gasteiger partial charge in [0.1, 0.15) is 0 Å². The zero-order valence-electron chi connectivity index (χ0n) is 12.8. The average Bonchev–Trinajstić information content (AvgIpc) is 2.92. The maximum absolute atomic E-state index is 6.07. The molecule has 0 spiro atoms. The predicted molar refractivity (Wildman–Crippen MR) is 85.5 cm³/mol. The molecule has 6 heteroatoms. The van der Waals surface area contributed by atoms with Crippen molar-refractivity contribution in [3.63, 3.8) is 0 Å². The lowest BCUT2D eigenvalue weighted by Gasteiger charge is -2.18. The van der Waals surface area contributed by atoms with E-state index >= 15 is 0 Å². The highest BCUT2D eigenvalue weighted by Crippen LogP contribution is 2.29. The fourth-order valence-electron chi connectivity index (χ4n) is 2.56. The van der Waals surface area contributed by atoms with E-state index in [9.17, 15) is 0 Å². The van der Waals surface area contributed by atoms with Crippen LogP contribution in [0.1, 0.15) is 52.0 Å². The molecule has 2 rings (SSSR count). The Balaban J connectivity index is 2.35. The standard InChI is InChI=1S/C15H24N6/c1-3-5-7-12(6-4-2)21-15(18-19-20-21)13-9-8-11(16)10-14(13)17/h8-10,12H,3-7,16-17H2,1-2H3. The van der Waals surface area contributed by atoms with Crippen molar-refractivity contribution in [3.8, 4) is 11.4 Å². The molecular weight excluding hydrogens is 264 g/mol. The van der Waals surface area contributed by atoms with E-state index in [1.165, 1.54) is 12.8 Å². The van der Waals surface area contributed by atoms with Crippen molar-refractivity contribution in [2.24, 2.45) is 0 Å². The summed E-state index contributed by atoms with van der Waals surface area (Å²) in [6.45, 7) is 4.38. The highest BCUT2D eigenvalue weighted by Gasteiger charge is 2.19. The van der Waals surface area contributed by atoms with Crippen LogP contribution in [0.3, 0.4) is 0 Å². The van der Waals surface area contributed by atoms with Crippen LogP contribution in [0.4, 0.5) is 11.4 Å². The second kappa shape index (κ2) is 7.06. The Kier molecular flexibility index (Phi) is 5.14. The van der Waals surface area contributed by atoms with E-state index in [4.69, 9.17) is 11.5 Å². The third-order valence-electron chi connectivity index (χ3n) is 3.67. The van der Waals surface area contributed by atoms with E-state index in [-0.39, 0.29) is 0 Å². The number of nitrogens with two attached hydrogens (primary N) is 2. The highest BCUT2D eigenvalue weighted by atomic mass is 15.5. The quantitative estimate of drug-likeness (QED) is 0.763. The van der Waals surface area contributed by atoms with E-state index in [1.54, 1.807) is 6.07 Å². The van der Waals surface area contributed by atoms with Gasteiger partial charge in [-0.05, 0) is 41.5 Å². The predicted octanol–water partition coefficient (Wildman–Crippen LogP) is 3.04. The molecular formula is C15H24N6. The first-order chi connectivity index (χ1) is 10.2. The third-order valence-corrected chi connectivity index (χ3v) is 3.67. The summed E-state index contributed by atoms with van der Waals surface area (Å²) in [6, 6.07) is 5.77. The fourth-order valence-corrected chi connectivity index (χ4v) is 2.56. The molecule has 114 valence electrons. The Hall–Kier alpha value is -2.11. The van der Waals surface area contributed by atoms with Gasteiger partial charge in [-0.3, -0.25) is 0 Å². The number of benzene rings is 1. The average molecular weight is 288 g/mol. The Labute approximate surface area is 125 Å². The number of rotatable bonds is 7.